The van der Waals surface area contributed by atoms with Crippen molar-refractivity contribution in [1.29, 1.82) is 0 Å². The maximum absolute atomic E-state index is 13.0. The van der Waals surface area contributed by atoms with Crippen molar-refractivity contribution in [1.82, 2.24) is 10.7 Å². The number of carbonyl (C=O) groups is 2. The van der Waals surface area contributed by atoms with Gasteiger partial charge in [0.1, 0.15) is 17.0 Å². The molecule has 0 fully saturated rings. The van der Waals surface area contributed by atoms with E-state index >= 15 is 0 Å². The van der Waals surface area contributed by atoms with E-state index in [9.17, 15) is 14.0 Å². The molecule has 0 bridgehead atoms. The van der Waals surface area contributed by atoms with E-state index in [1.807, 2.05) is 5.43 Å². The van der Waals surface area contributed by atoms with Gasteiger partial charge < -0.3 is 10.1 Å². The third kappa shape index (κ3) is 5.33. The van der Waals surface area contributed by atoms with Gasteiger partial charge in [-0.2, -0.15) is 0 Å². The summed E-state index contributed by atoms with van der Waals surface area (Å²) in [5, 5.41) is 2.52. The second-order valence-corrected chi connectivity index (χ2v) is 6.24. The van der Waals surface area contributed by atoms with Gasteiger partial charge in [0.15, 0.2) is 0 Å². The monoisotopic (exact) mass is 311 g/mol. The van der Waals surface area contributed by atoms with E-state index in [-0.39, 0.29) is 12.2 Å². The molecule has 0 spiro atoms. The molecule has 1 rings (SSSR count). The summed E-state index contributed by atoms with van der Waals surface area (Å²) in [4.78, 5) is 24.0. The third-order valence-corrected chi connectivity index (χ3v) is 2.88. The number of nitrogens with one attached hydrogen (secondary N) is 2. The fourth-order valence-electron chi connectivity index (χ4n) is 1.88. The van der Waals surface area contributed by atoms with Crippen LogP contribution < -0.4 is 16.6 Å². The zero-order valence-electron chi connectivity index (χ0n) is 13.2. The van der Waals surface area contributed by atoms with Gasteiger partial charge in [0.05, 0.1) is 0 Å². The normalized spacial score (nSPS) is 13.9. The maximum atomic E-state index is 13.0. The SMILES string of the molecule is CC(C)(C)OC(=O)N[C@](C)(Cc1ccc(F)cc1)C(=O)NN. The predicted octanol–water partition coefficient (Wildman–Crippen LogP) is 1.64. The van der Waals surface area contributed by atoms with Crippen LogP contribution in [0.5, 0.6) is 0 Å². The van der Waals surface area contributed by atoms with Gasteiger partial charge in [0.25, 0.3) is 5.91 Å². The number of amides is 2. The smallest absolute Gasteiger partial charge is 0.408 e. The highest BCUT2D eigenvalue weighted by atomic mass is 19.1. The average molecular weight is 311 g/mol. The van der Waals surface area contributed by atoms with Crippen molar-refractivity contribution in [3.05, 3.63) is 35.6 Å². The number of hydrazine groups is 1. The molecule has 0 aromatic heterocycles. The molecule has 0 radical (unpaired) electrons. The van der Waals surface area contributed by atoms with Crippen LogP contribution in [0, 0.1) is 5.82 Å². The number of halogens is 1. The number of hydrogen-bond acceptors (Lipinski definition) is 4. The van der Waals surface area contributed by atoms with E-state index in [4.69, 9.17) is 10.6 Å². The molecule has 4 N–H and O–H groups in total. The van der Waals surface area contributed by atoms with Crippen LogP contribution in [0.3, 0.4) is 0 Å². The molecule has 0 aliphatic carbocycles. The van der Waals surface area contributed by atoms with Gasteiger partial charge in [-0.15, -0.1) is 0 Å². The number of alkyl carbamates (subject to hydrolysis) is 1. The van der Waals surface area contributed by atoms with E-state index < -0.39 is 23.1 Å². The van der Waals surface area contributed by atoms with E-state index in [0.717, 1.165) is 0 Å². The first-order valence-corrected chi connectivity index (χ1v) is 6.82. The summed E-state index contributed by atoms with van der Waals surface area (Å²) in [6.45, 7) is 6.66. The van der Waals surface area contributed by atoms with Crippen LogP contribution in [0.15, 0.2) is 24.3 Å². The van der Waals surface area contributed by atoms with E-state index in [1.54, 1.807) is 20.8 Å². The van der Waals surface area contributed by atoms with Crippen molar-refractivity contribution in [2.24, 2.45) is 5.84 Å². The fraction of sp³-hybridized carbons (Fsp3) is 0.467. The molecule has 122 valence electrons. The topological polar surface area (TPSA) is 93.4 Å². The average Bonchev–Trinajstić information content (AvgIpc) is 2.38. The zero-order chi connectivity index (χ0) is 17.0. The quantitative estimate of drug-likeness (QED) is 0.448. The van der Waals surface area contributed by atoms with Gasteiger partial charge in [0.2, 0.25) is 0 Å². The number of carbonyl (C=O) groups excluding carboxylic acids is 2. The lowest BCUT2D eigenvalue weighted by Crippen LogP contribution is -2.60. The summed E-state index contributed by atoms with van der Waals surface area (Å²) in [5.74, 6) is 4.23. The molecule has 22 heavy (non-hydrogen) atoms. The molecule has 0 aliphatic rings. The molecule has 1 aromatic rings. The second kappa shape index (κ2) is 6.74. The Morgan fingerprint density at radius 1 is 1.18 bits per heavy atom. The Hall–Kier alpha value is -2.15. The number of ether oxygens (including phenoxy) is 1. The molecule has 0 heterocycles. The minimum absolute atomic E-state index is 0.134. The Morgan fingerprint density at radius 2 is 1.73 bits per heavy atom. The maximum Gasteiger partial charge on any atom is 0.408 e. The van der Waals surface area contributed by atoms with Crippen LogP contribution in [0.1, 0.15) is 33.3 Å². The molecule has 1 atom stereocenters. The van der Waals surface area contributed by atoms with Crippen LogP contribution >= 0.6 is 0 Å². The van der Waals surface area contributed by atoms with Gasteiger partial charge >= 0.3 is 6.09 Å². The summed E-state index contributed by atoms with van der Waals surface area (Å²) in [5.41, 5.74) is 0.673. The molecule has 6 nitrogen and oxygen atoms in total. The highest BCUT2D eigenvalue weighted by Crippen LogP contribution is 2.16. The highest BCUT2D eigenvalue weighted by Gasteiger charge is 2.36. The van der Waals surface area contributed by atoms with Crippen molar-refractivity contribution in [2.45, 2.75) is 45.3 Å². The Balaban J connectivity index is 2.92. The van der Waals surface area contributed by atoms with Crippen LogP contribution in [0.25, 0.3) is 0 Å². The molecule has 2 amide bonds. The number of hydrogen-bond donors (Lipinski definition) is 3. The standard InChI is InChI=1S/C15H22FN3O3/c1-14(2,3)22-13(21)18-15(4,12(20)19-17)9-10-5-7-11(16)8-6-10/h5-8H,9,17H2,1-4H3,(H,18,21)(H,19,20)/t15-/m1/s1. The first-order chi connectivity index (χ1) is 10.1. The molecule has 0 aliphatic heterocycles. The highest BCUT2D eigenvalue weighted by molar-refractivity contribution is 5.89. The molecule has 7 heteroatoms. The van der Waals surface area contributed by atoms with E-state index in [1.165, 1.54) is 31.2 Å². The number of benzene rings is 1. The van der Waals surface area contributed by atoms with E-state index in [0.29, 0.717) is 5.56 Å². The summed E-state index contributed by atoms with van der Waals surface area (Å²) in [6, 6.07) is 5.63. The van der Waals surface area contributed by atoms with Gasteiger partial charge in [0, 0.05) is 6.42 Å². The van der Waals surface area contributed by atoms with Crippen LogP contribution in [0.4, 0.5) is 9.18 Å². The minimum Gasteiger partial charge on any atom is -0.444 e. The lowest BCUT2D eigenvalue weighted by molar-refractivity contribution is -0.127. The summed E-state index contributed by atoms with van der Waals surface area (Å²) in [6.07, 6.45) is -0.601. The lowest BCUT2D eigenvalue weighted by Gasteiger charge is -2.30. The largest absolute Gasteiger partial charge is 0.444 e. The number of rotatable bonds is 4. The van der Waals surface area contributed by atoms with Crippen molar-refractivity contribution >= 4 is 12.0 Å². The second-order valence-electron chi connectivity index (χ2n) is 6.24. The Bertz CT molecular complexity index is 540. The molecule has 0 unspecified atom stereocenters. The molecule has 0 saturated heterocycles. The van der Waals surface area contributed by atoms with Gasteiger partial charge in [-0.05, 0) is 45.4 Å². The van der Waals surface area contributed by atoms with Gasteiger partial charge in [-0.3, -0.25) is 10.2 Å². The first-order valence-electron chi connectivity index (χ1n) is 6.82. The first kappa shape index (κ1) is 17.9. The summed E-state index contributed by atoms with van der Waals surface area (Å²) >= 11 is 0. The summed E-state index contributed by atoms with van der Waals surface area (Å²) in [7, 11) is 0. The Kier molecular flexibility index (Phi) is 5.48. The van der Waals surface area contributed by atoms with E-state index in [2.05, 4.69) is 5.32 Å². The van der Waals surface area contributed by atoms with Crippen molar-refractivity contribution in [3.8, 4) is 0 Å². The predicted molar refractivity (Wildman–Crippen MR) is 80.2 cm³/mol. The minimum atomic E-state index is -1.32. The Labute approximate surface area is 129 Å². The van der Waals surface area contributed by atoms with Crippen molar-refractivity contribution in [3.63, 3.8) is 0 Å². The molecular formula is C15H22FN3O3. The lowest BCUT2D eigenvalue weighted by atomic mass is 9.92. The molecule has 1 aromatic carbocycles. The Morgan fingerprint density at radius 3 is 2.18 bits per heavy atom. The molecular weight excluding hydrogens is 289 g/mol. The van der Waals surface area contributed by atoms with Crippen LogP contribution in [-0.2, 0) is 16.0 Å². The van der Waals surface area contributed by atoms with Crippen LogP contribution in [-0.4, -0.2) is 23.1 Å². The zero-order valence-corrected chi connectivity index (χ0v) is 13.2. The molecule has 0 saturated carbocycles. The summed E-state index contributed by atoms with van der Waals surface area (Å²) < 4.78 is 18.1. The van der Waals surface area contributed by atoms with Crippen LogP contribution in [0.2, 0.25) is 0 Å². The fourth-order valence-corrected chi connectivity index (χ4v) is 1.88. The number of nitrogens with two attached hydrogens (primary N) is 1. The van der Waals surface area contributed by atoms with Gasteiger partial charge in [-0.25, -0.2) is 15.0 Å². The van der Waals surface area contributed by atoms with Gasteiger partial charge in [-0.1, -0.05) is 12.1 Å². The third-order valence-electron chi connectivity index (χ3n) is 2.88. The van der Waals surface area contributed by atoms with Crippen molar-refractivity contribution in [2.75, 3.05) is 0 Å². The van der Waals surface area contributed by atoms with Crippen molar-refractivity contribution < 1.29 is 18.7 Å².